The minimum absolute atomic E-state index is 0.0480. The first kappa shape index (κ1) is 20.4. The Balaban J connectivity index is 1.37. The predicted molar refractivity (Wildman–Crippen MR) is 135 cm³/mol. The summed E-state index contributed by atoms with van der Waals surface area (Å²) in [6.07, 6.45) is 6.74. The van der Waals surface area contributed by atoms with Crippen LogP contribution in [0.15, 0.2) is 24.3 Å². The van der Waals surface area contributed by atoms with E-state index < -0.39 is 11.0 Å². The lowest BCUT2D eigenvalue weighted by atomic mass is 9.49. The molecular weight excluding hydrogens is 452 g/mol. The number of fused-ring (bicyclic) bond motifs is 4. The molecule has 1 saturated carbocycles. The zero-order valence-electron chi connectivity index (χ0n) is 20.7. The average Bonchev–Trinajstić information content (AvgIpc) is 3.54. The Morgan fingerprint density at radius 3 is 2.83 bits per heavy atom. The van der Waals surface area contributed by atoms with E-state index in [0.717, 1.165) is 67.9 Å². The van der Waals surface area contributed by atoms with Gasteiger partial charge in [-0.15, -0.1) is 0 Å². The second-order valence-electron chi connectivity index (χ2n) is 12.2. The smallest absolute Gasteiger partial charge is 0.166 e. The SMILES string of the molecule is COc1ccc2c3c1c1c(n3CCC2)[C@@H]2Oc3c(O)ccc4c3[C@@]23CCN(CC2CC2)[C@H](C4)[C@]3(O)C1. The number of methoxy groups -OCH3 is 1. The summed E-state index contributed by atoms with van der Waals surface area (Å²) in [6.45, 7) is 3.01. The number of phenolic OH excluding ortho intramolecular Hbond substituents is 1. The molecule has 2 fully saturated rings. The molecule has 0 radical (unpaired) electrons. The Morgan fingerprint density at radius 1 is 1.14 bits per heavy atom. The first-order chi connectivity index (χ1) is 17.5. The Hall–Kier alpha value is -2.70. The van der Waals surface area contributed by atoms with Crippen molar-refractivity contribution in [3.05, 3.63) is 52.2 Å². The van der Waals surface area contributed by atoms with Crippen LogP contribution in [0.25, 0.3) is 10.9 Å². The number of likely N-dealkylation sites (tertiary alicyclic amines) is 1. The van der Waals surface area contributed by atoms with Gasteiger partial charge in [-0.1, -0.05) is 12.1 Å². The van der Waals surface area contributed by atoms with Gasteiger partial charge in [0.1, 0.15) is 5.75 Å². The molecule has 36 heavy (non-hydrogen) atoms. The minimum Gasteiger partial charge on any atom is -0.504 e. The van der Waals surface area contributed by atoms with Crippen LogP contribution in [-0.2, 0) is 31.2 Å². The second kappa shape index (κ2) is 6.40. The molecular formula is C30H32N2O4. The van der Waals surface area contributed by atoms with Crippen molar-refractivity contribution in [2.45, 2.75) is 74.7 Å². The minimum atomic E-state index is -0.960. The summed E-state index contributed by atoms with van der Waals surface area (Å²) in [5.41, 5.74) is 5.86. The third kappa shape index (κ3) is 2.12. The number of aromatic hydroxyl groups is 1. The summed E-state index contributed by atoms with van der Waals surface area (Å²) < 4.78 is 15.3. The number of aliphatic hydroxyl groups is 1. The van der Waals surface area contributed by atoms with Crippen LogP contribution in [0.1, 0.15) is 59.7 Å². The number of nitrogens with zero attached hydrogens (tertiary/aromatic N) is 2. The van der Waals surface area contributed by atoms with Crippen molar-refractivity contribution in [3.8, 4) is 17.2 Å². The lowest BCUT2D eigenvalue weighted by Gasteiger charge is -2.63. The van der Waals surface area contributed by atoms with E-state index in [2.05, 4.69) is 27.7 Å². The molecule has 6 nitrogen and oxygen atoms in total. The molecule has 3 aliphatic heterocycles. The molecule has 2 aromatic carbocycles. The Bertz CT molecular complexity index is 1490. The van der Waals surface area contributed by atoms with Gasteiger partial charge in [-0.2, -0.15) is 0 Å². The van der Waals surface area contributed by atoms with Gasteiger partial charge in [0.25, 0.3) is 0 Å². The lowest BCUT2D eigenvalue weighted by molar-refractivity contribution is -0.173. The Morgan fingerprint density at radius 2 is 2.00 bits per heavy atom. The number of aryl methyl sites for hydroxylation is 2. The molecule has 2 bridgehead atoms. The van der Waals surface area contributed by atoms with Crippen molar-refractivity contribution >= 4 is 10.9 Å². The van der Waals surface area contributed by atoms with E-state index in [0.29, 0.717) is 12.2 Å². The van der Waals surface area contributed by atoms with Crippen LogP contribution >= 0.6 is 0 Å². The van der Waals surface area contributed by atoms with Gasteiger partial charge in [0.05, 0.1) is 29.3 Å². The van der Waals surface area contributed by atoms with Crippen LogP contribution < -0.4 is 9.47 Å². The predicted octanol–water partition coefficient (Wildman–Crippen LogP) is 4.00. The van der Waals surface area contributed by atoms with Crippen LogP contribution in [0.3, 0.4) is 0 Å². The topological polar surface area (TPSA) is 67.1 Å². The summed E-state index contributed by atoms with van der Waals surface area (Å²) in [5.74, 6) is 2.47. The number of phenols is 1. The van der Waals surface area contributed by atoms with Gasteiger partial charge in [-0.05, 0) is 79.8 Å². The largest absolute Gasteiger partial charge is 0.504 e. The molecule has 1 saturated heterocycles. The van der Waals surface area contributed by atoms with Gasteiger partial charge in [0, 0.05) is 36.5 Å². The zero-order valence-corrected chi connectivity index (χ0v) is 20.7. The normalized spacial score (nSPS) is 33.3. The van der Waals surface area contributed by atoms with Gasteiger partial charge in [-0.25, -0.2) is 0 Å². The number of piperidine rings is 1. The standard InChI is InChI=1S/C30H32N2O4/c1-35-21-9-7-17-3-2-11-32-25(17)23(21)19-14-30(34)22-13-18-6-8-20(33)27-24(18)29(30,28(36-27)26(19)32)10-12-31(22)15-16-4-5-16/h6-9,16,22,28,33-34H,2-5,10-15H2,1H3/t22-,28+,29+,30-/m1/s1. The molecule has 9 rings (SSSR count). The van der Waals surface area contributed by atoms with Crippen LogP contribution in [0.4, 0.5) is 0 Å². The maximum Gasteiger partial charge on any atom is 0.166 e. The molecule has 6 heteroatoms. The van der Waals surface area contributed by atoms with Crippen LogP contribution in [0.2, 0.25) is 0 Å². The van der Waals surface area contributed by atoms with E-state index in [1.165, 1.54) is 40.7 Å². The fourth-order valence-electron chi connectivity index (χ4n) is 9.06. The first-order valence-corrected chi connectivity index (χ1v) is 13.7. The van der Waals surface area contributed by atoms with E-state index in [4.69, 9.17) is 9.47 Å². The number of hydrogen-bond acceptors (Lipinski definition) is 5. The summed E-state index contributed by atoms with van der Waals surface area (Å²) in [7, 11) is 1.75. The van der Waals surface area contributed by atoms with Crippen molar-refractivity contribution in [1.29, 1.82) is 0 Å². The van der Waals surface area contributed by atoms with Gasteiger partial charge >= 0.3 is 0 Å². The number of hydrogen-bond donors (Lipinski definition) is 2. The molecule has 3 aromatic rings. The molecule has 3 aliphatic carbocycles. The maximum atomic E-state index is 13.1. The number of ether oxygens (including phenoxy) is 2. The zero-order chi connectivity index (χ0) is 24.0. The monoisotopic (exact) mass is 484 g/mol. The van der Waals surface area contributed by atoms with Gasteiger partial charge < -0.3 is 24.3 Å². The first-order valence-electron chi connectivity index (χ1n) is 13.7. The lowest BCUT2D eigenvalue weighted by Crippen LogP contribution is -2.74. The fourth-order valence-corrected chi connectivity index (χ4v) is 9.06. The maximum absolute atomic E-state index is 13.1. The van der Waals surface area contributed by atoms with Crippen LogP contribution in [0.5, 0.6) is 17.2 Å². The molecule has 186 valence electrons. The second-order valence-corrected chi connectivity index (χ2v) is 12.2. The fraction of sp³-hybridized carbons (Fsp3) is 0.533. The summed E-state index contributed by atoms with van der Waals surface area (Å²) in [5, 5.41) is 25.2. The third-order valence-corrected chi connectivity index (χ3v) is 10.7. The highest BCUT2D eigenvalue weighted by Crippen LogP contribution is 2.69. The van der Waals surface area contributed by atoms with Crippen LogP contribution in [0, 0.1) is 5.92 Å². The van der Waals surface area contributed by atoms with Crippen molar-refractivity contribution in [2.24, 2.45) is 5.92 Å². The van der Waals surface area contributed by atoms with E-state index >= 15 is 0 Å². The molecule has 4 atom stereocenters. The summed E-state index contributed by atoms with van der Waals surface area (Å²) in [6, 6.07) is 8.26. The number of aromatic nitrogens is 1. The van der Waals surface area contributed by atoms with Crippen molar-refractivity contribution < 1.29 is 19.7 Å². The third-order valence-electron chi connectivity index (χ3n) is 10.7. The molecule has 1 spiro atoms. The van der Waals surface area contributed by atoms with Crippen LogP contribution in [-0.4, -0.2) is 51.5 Å². The van der Waals surface area contributed by atoms with Crippen molar-refractivity contribution in [2.75, 3.05) is 20.2 Å². The van der Waals surface area contributed by atoms with E-state index in [-0.39, 0.29) is 17.9 Å². The highest BCUT2D eigenvalue weighted by Gasteiger charge is 2.73. The van der Waals surface area contributed by atoms with E-state index in [1.807, 2.05) is 0 Å². The summed E-state index contributed by atoms with van der Waals surface area (Å²) >= 11 is 0. The molecule has 0 amide bonds. The van der Waals surface area contributed by atoms with Crippen molar-refractivity contribution in [3.63, 3.8) is 0 Å². The van der Waals surface area contributed by atoms with E-state index in [1.54, 1.807) is 13.2 Å². The Labute approximate surface area is 210 Å². The number of rotatable bonds is 3. The molecule has 6 aliphatic rings. The Kier molecular flexibility index (Phi) is 3.62. The molecule has 4 heterocycles. The highest BCUT2D eigenvalue weighted by molar-refractivity contribution is 5.95. The van der Waals surface area contributed by atoms with Crippen molar-refractivity contribution in [1.82, 2.24) is 9.47 Å². The molecule has 0 unspecified atom stereocenters. The average molecular weight is 485 g/mol. The molecule has 1 aromatic heterocycles. The van der Waals surface area contributed by atoms with Gasteiger partial charge in [0.2, 0.25) is 0 Å². The van der Waals surface area contributed by atoms with E-state index in [9.17, 15) is 10.2 Å². The quantitative estimate of drug-likeness (QED) is 0.588. The number of benzene rings is 2. The van der Waals surface area contributed by atoms with Gasteiger partial charge in [0.15, 0.2) is 17.6 Å². The molecule has 2 N–H and O–H groups in total. The van der Waals surface area contributed by atoms with Gasteiger partial charge in [-0.3, -0.25) is 4.90 Å². The highest BCUT2D eigenvalue weighted by atomic mass is 16.5. The summed E-state index contributed by atoms with van der Waals surface area (Å²) in [4.78, 5) is 2.60.